The largest absolute Gasteiger partial charge is 0.573 e. The third-order valence-corrected chi connectivity index (χ3v) is 3.03. The number of ether oxygens (including phenoxy) is 1. The van der Waals surface area contributed by atoms with Gasteiger partial charge in [-0.2, -0.15) is 18.3 Å². The number of nitrogens with zero attached hydrogens (tertiary/aromatic N) is 2. The molecule has 0 aliphatic heterocycles. The number of anilines is 1. The molecule has 0 saturated carbocycles. The molecular formula is C15H9F6N3O3. The highest BCUT2D eigenvalue weighted by Gasteiger charge is 2.33. The normalized spacial score (nSPS) is 12.2. The molecule has 6 nitrogen and oxygen atoms in total. The summed E-state index contributed by atoms with van der Waals surface area (Å²) in [5, 5.41) is 14.6. The van der Waals surface area contributed by atoms with Gasteiger partial charge in [0.15, 0.2) is 0 Å². The van der Waals surface area contributed by atoms with E-state index in [4.69, 9.17) is 0 Å². The Labute approximate surface area is 147 Å². The number of hydrazone groups is 1. The van der Waals surface area contributed by atoms with Crippen LogP contribution in [0.25, 0.3) is 0 Å². The van der Waals surface area contributed by atoms with Crippen molar-refractivity contribution in [1.29, 1.82) is 0 Å². The van der Waals surface area contributed by atoms with Crippen molar-refractivity contribution >= 4 is 17.6 Å². The van der Waals surface area contributed by atoms with Gasteiger partial charge in [-0.1, -0.05) is 0 Å². The molecule has 0 heterocycles. The molecule has 2 aromatic carbocycles. The summed E-state index contributed by atoms with van der Waals surface area (Å²) >= 11 is 0. The van der Waals surface area contributed by atoms with Crippen molar-refractivity contribution in [2.24, 2.45) is 5.10 Å². The van der Waals surface area contributed by atoms with Crippen LogP contribution >= 0.6 is 0 Å². The van der Waals surface area contributed by atoms with Crippen LogP contribution in [0.3, 0.4) is 0 Å². The van der Waals surface area contributed by atoms with Crippen LogP contribution in [0.5, 0.6) is 5.75 Å². The molecule has 0 aromatic heterocycles. The molecule has 0 saturated heterocycles. The number of nitro groups is 1. The van der Waals surface area contributed by atoms with E-state index in [1.165, 1.54) is 12.1 Å². The minimum Gasteiger partial charge on any atom is -0.406 e. The van der Waals surface area contributed by atoms with Crippen LogP contribution in [0.2, 0.25) is 0 Å². The molecule has 0 radical (unpaired) electrons. The van der Waals surface area contributed by atoms with E-state index < -0.39 is 34.5 Å². The molecule has 2 aromatic rings. The van der Waals surface area contributed by atoms with Crippen molar-refractivity contribution in [1.82, 2.24) is 0 Å². The van der Waals surface area contributed by atoms with E-state index in [9.17, 15) is 36.5 Å². The first-order valence-corrected chi connectivity index (χ1v) is 6.96. The van der Waals surface area contributed by atoms with Crippen molar-refractivity contribution in [3.63, 3.8) is 0 Å². The Balaban J connectivity index is 2.12. The van der Waals surface area contributed by atoms with E-state index in [1.54, 1.807) is 0 Å². The Morgan fingerprint density at radius 3 is 2.19 bits per heavy atom. The van der Waals surface area contributed by atoms with Crippen molar-refractivity contribution in [2.45, 2.75) is 12.5 Å². The number of nitrogens with one attached hydrogen (secondary N) is 1. The third kappa shape index (κ3) is 5.87. The minimum absolute atomic E-state index is 0.290. The van der Waals surface area contributed by atoms with Gasteiger partial charge in [0.05, 0.1) is 16.7 Å². The summed E-state index contributed by atoms with van der Waals surface area (Å²) in [6, 6.07) is 6.36. The molecule has 0 fully saturated rings. The SMILES string of the molecule is O=[N+]([O-])c1cc(C(F)(F)F)ccc1NN=Cc1ccc(OC(F)(F)F)cc1. The lowest BCUT2D eigenvalue weighted by Crippen LogP contribution is -2.17. The second-order valence-corrected chi connectivity index (χ2v) is 4.97. The van der Waals surface area contributed by atoms with Crippen LogP contribution in [-0.2, 0) is 6.18 Å². The Morgan fingerprint density at radius 1 is 1.04 bits per heavy atom. The summed E-state index contributed by atoms with van der Waals surface area (Å²) in [4.78, 5) is 9.92. The summed E-state index contributed by atoms with van der Waals surface area (Å²) in [6.45, 7) is 0. The summed E-state index contributed by atoms with van der Waals surface area (Å²) in [5.41, 5.74) is 0.217. The van der Waals surface area contributed by atoms with Crippen LogP contribution in [-0.4, -0.2) is 17.5 Å². The fourth-order valence-corrected chi connectivity index (χ4v) is 1.89. The number of halogens is 6. The molecule has 0 unspecified atom stereocenters. The van der Waals surface area contributed by atoms with E-state index in [1.807, 2.05) is 0 Å². The maximum absolute atomic E-state index is 12.6. The Hall–Kier alpha value is -3.31. The molecule has 1 N–H and O–H groups in total. The van der Waals surface area contributed by atoms with Crippen molar-refractivity contribution in [3.05, 3.63) is 63.7 Å². The standard InChI is InChI=1S/C15H9F6N3O3/c16-14(17,18)10-3-6-12(13(7-10)24(25)26)23-22-8-9-1-4-11(5-2-9)27-15(19,20)21/h1-8,23H. The fourth-order valence-electron chi connectivity index (χ4n) is 1.89. The summed E-state index contributed by atoms with van der Waals surface area (Å²) in [7, 11) is 0. The topological polar surface area (TPSA) is 76.8 Å². The van der Waals surface area contributed by atoms with E-state index in [0.29, 0.717) is 17.7 Å². The molecule has 0 atom stereocenters. The molecule has 0 bridgehead atoms. The third-order valence-electron chi connectivity index (χ3n) is 3.03. The quantitative estimate of drug-likeness (QED) is 0.337. The predicted molar refractivity (Wildman–Crippen MR) is 82.4 cm³/mol. The number of rotatable bonds is 5. The lowest BCUT2D eigenvalue weighted by atomic mass is 10.1. The molecule has 0 aliphatic rings. The van der Waals surface area contributed by atoms with E-state index in [2.05, 4.69) is 15.3 Å². The van der Waals surface area contributed by atoms with Gasteiger partial charge in [0.2, 0.25) is 0 Å². The van der Waals surface area contributed by atoms with Gasteiger partial charge in [-0.15, -0.1) is 13.2 Å². The first kappa shape index (κ1) is 20.0. The van der Waals surface area contributed by atoms with Gasteiger partial charge in [-0.3, -0.25) is 15.5 Å². The highest BCUT2D eigenvalue weighted by Crippen LogP contribution is 2.35. The van der Waals surface area contributed by atoms with Crippen molar-refractivity contribution < 1.29 is 36.0 Å². The lowest BCUT2D eigenvalue weighted by molar-refractivity contribution is -0.384. The van der Waals surface area contributed by atoms with Gasteiger partial charge in [-0.05, 0) is 42.0 Å². The number of nitro benzene ring substituents is 1. The average molecular weight is 393 g/mol. The number of hydrogen-bond donors (Lipinski definition) is 1. The van der Waals surface area contributed by atoms with Crippen LogP contribution < -0.4 is 10.2 Å². The smallest absolute Gasteiger partial charge is 0.406 e. The average Bonchev–Trinajstić information content (AvgIpc) is 2.54. The number of benzene rings is 2. The Kier molecular flexibility index (Phi) is 5.57. The summed E-state index contributed by atoms with van der Waals surface area (Å²) in [5.74, 6) is -0.453. The van der Waals surface area contributed by atoms with E-state index in [0.717, 1.165) is 24.4 Å². The Bertz CT molecular complexity index is 847. The first-order chi connectivity index (χ1) is 12.5. The van der Waals surface area contributed by atoms with Crippen molar-refractivity contribution in [2.75, 3.05) is 5.43 Å². The molecule has 2 rings (SSSR count). The van der Waals surface area contributed by atoms with Gasteiger partial charge >= 0.3 is 12.5 Å². The van der Waals surface area contributed by atoms with Gasteiger partial charge in [-0.25, -0.2) is 0 Å². The molecule has 0 amide bonds. The first-order valence-electron chi connectivity index (χ1n) is 6.96. The molecule has 12 heteroatoms. The summed E-state index contributed by atoms with van der Waals surface area (Å²) in [6.07, 6.45) is -8.47. The van der Waals surface area contributed by atoms with Gasteiger partial charge in [0.1, 0.15) is 11.4 Å². The second kappa shape index (κ2) is 7.51. The zero-order chi connectivity index (χ0) is 20.2. The maximum Gasteiger partial charge on any atom is 0.573 e. The van der Waals surface area contributed by atoms with E-state index >= 15 is 0 Å². The predicted octanol–water partition coefficient (Wildman–Crippen LogP) is 4.96. The van der Waals surface area contributed by atoms with Crippen LogP contribution in [0.1, 0.15) is 11.1 Å². The Morgan fingerprint density at radius 2 is 1.67 bits per heavy atom. The zero-order valence-corrected chi connectivity index (χ0v) is 13.0. The monoisotopic (exact) mass is 393 g/mol. The van der Waals surface area contributed by atoms with Gasteiger partial charge in [0, 0.05) is 6.07 Å². The summed E-state index contributed by atoms with van der Waals surface area (Å²) < 4.78 is 77.7. The molecule has 27 heavy (non-hydrogen) atoms. The van der Waals surface area contributed by atoms with E-state index in [-0.39, 0.29) is 5.69 Å². The van der Waals surface area contributed by atoms with Crippen LogP contribution in [0.15, 0.2) is 47.6 Å². The van der Waals surface area contributed by atoms with Gasteiger partial charge in [0.25, 0.3) is 5.69 Å². The van der Waals surface area contributed by atoms with Gasteiger partial charge < -0.3 is 4.74 Å². The maximum atomic E-state index is 12.6. The molecule has 144 valence electrons. The molecule has 0 spiro atoms. The number of hydrogen-bond acceptors (Lipinski definition) is 5. The van der Waals surface area contributed by atoms with Crippen LogP contribution in [0.4, 0.5) is 37.7 Å². The molecular weight excluding hydrogens is 384 g/mol. The minimum atomic E-state index is -4.83. The lowest BCUT2D eigenvalue weighted by Gasteiger charge is -2.09. The number of alkyl halides is 6. The fraction of sp³-hybridized carbons (Fsp3) is 0.133. The molecule has 0 aliphatic carbocycles. The van der Waals surface area contributed by atoms with Crippen LogP contribution in [0, 0.1) is 10.1 Å². The highest BCUT2D eigenvalue weighted by molar-refractivity contribution is 5.80. The second-order valence-electron chi connectivity index (χ2n) is 4.97. The van der Waals surface area contributed by atoms with Crippen molar-refractivity contribution in [3.8, 4) is 5.75 Å². The highest BCUT2D eigenvalue weighted by atomic mass is 19.4. The zero-order valence-electron chi connectivity index (χ0n) is 13.0.